The minimum Gasteiger partial charge on any atom is -0.382 e. The van der Waals surface area contributed by atoms with Crippen LogP contribution in [0.25, 0.3) is 22.4 Å². The van der Waals surface area contributed by atoms with E-state index in [2.05, 4.69) is 20.4 Å². The number of nitrogen functional groups attached to an aromatic ring is 1. The minimum absolute atomic E-state index is 0.343. The van der Waals surface area contributed by atoms with E-state index in [9.17, 15) is 0 Å². The summed E-state index contributed by atoms with van der Waals surface area (Å²) in [6.07, 6.45) is 1.70. The van der Waals surface area contributed by atoms with Crippen LogP contribution in [0.2, 0.25) is 10.0 Å². The molecule has 0 unspecified atom stereocenters. The van der Waals surface area contributed by atoms with Crippen molar-refractivity contribution in [1.82, 2.24) is 20.4 Å². The third-order valence-electron chi connectivity index (χ3n) is 3.11. The molecule has 0 amide bonds. The Labute approximate surface area is 125 Å². The second kappa shape index (κ2) is 4.85. The molecule has 2 heterocycles. The maximum Gasteiger partial charge on any atom is 0.153 e. The molecule has 0 bridgehead atoms. The van der Waals surface area contributed by atoms with Crippen LogP contribution in [-0.2, 0) is 0 Å². The largest absolute Gasteiger partial charge is 0.382 e. The van der Waals surface area contributed by atoms with Gasteiger partial charge in [-0.05, 0) is 19.1 Å². The highest BCUT2D eigenvalue weighted by Crippen LogP contribution is 2.42. The maximum absolute atomic E-state index is 6.26. The van der Waals surface area contributed by atoms with Gasteiger partial charge < -0.3 is 5.73 Å². The standard InChI is InChI=1S/C13H11Cl2N5/c1-6-7(5-17-18-6)12-11(13(16)20-19-12)10-8(14)3-2-4-9(10)15/h2-5H,1H3,(H,17,18)(H3,16,19,20). The third-order valence-corrected chi connectivity index (χ3v) is 3.74. The summed E-state index contributed by atoms with van der Waals surface area (Å²) in [6.45, 7) is 1.91. The molecule has 0 aliphatic rings. The van der Waals surface area contributed by atoms with E-state index in [4.69, 9.17) is 28.9 Å². The molecule has 1 aromatic carbocycles. The van der Waals surface area contributed by atoms with E-state index < -0.39 is 0 Å². The van der Waals surface area contributed by atoms with Gasteiger partial charge in [-0.2, -0.15) is 10.2 Å². The number of rotatable bonds is 2. The summed E-state index contributed by atoms with van der Waals surface area (Å²) in [5.41, 5.74) is 9.84. The van der Waals surface area contributed by atoms with Crippen LogP contribution in [0.15, 0.2) is 24.4 Å². The van der Waals surface area contributed by atoms with Gasteiger partial charge in [0.05, 0.1) is 27.5 Å². The number of anilines is 1. The van der Waals surface area contributed by atoms with Crippen molar-refractivity contribution in [2.45, 2.75) is 6.92 Å². The fourth-order valence-corrected chi connectivity index (χ4v) is 2.73. The second-order valence-corrected chi connectivity index (χ2v) is 5.18. The number of hydrogen-bond donors (Lipinski definition) is 3. The fraction of sp³-hybridized carbons (Fsp3) is 0.0769. The lowest BCUT2D eigenvalue weighted by Gasteiger charge is -2.08. The van der Waals surface area contributed by atoms with E-state index in [1.165, 1.54) is 0 Å². The quantitative estimate of drug-likeness (QED) is 0.675. The molecular weight excluding hydrogens is 297 g/mol. The molecule has 4 N–H and O–H groups in total. The zero-order chi connectivity index (χ0) is 14.3. The average molecular weight is 308 g/mol. The fourth-order valence-electron chi connectivity index (χ4n) is 2.14. The zero-order valence-corrected chi connectivity index (χ0v) is 12.0. The van der Waals surface area contributed by atoms with Crippen LogP contribution in [0.5, 0.6) is 0 Å². The first-order valence-electron chi connectivity index (χ1n) is 5.88. The highest BCUT2D eigenvalue weighted by molar-refractivity contribution is 6.39. The smallest absolute Gasteiger partial charge is 0.153 e. The van der Waals surface area contributed by atoms with Crippen molar-refractivity contribution >= 4 is 29.0 Å². The van der Waals surface area contributed by atoms with Crippen LogP contribution in [0, 0.1) is 6.92 Å². The molecule has 3 rings (SSSR count). The van der Waals surface area contributed by atoms with Crippen LogP contribution in [-0.4, -0.2) is 20.4 Å². The van der Waals surface area contributed by atoms with Crippen molar-refractivity contribution in [3.8, 4) is 22.4 Å². The average Bonchev–Trinajstić information content (AvgIpc) is 2.97. The van der Waals surface area contributed by atoms with Crippen molar-refractivity contribution in [3.63, 3.8) is 0 Å². The molecule has 102 valence electrons. The third kappa shape index (κ3) is 1.95. The first-order chi connectivity index (χ1) is 9.59. The van der Waals surface area contributed by atoms with E-state index in [1.54, 1.807) is 24.4 Å². The first kappa shape index (κ1) is 13.0. The number of H-pyrrole nitrogens is 2. The molecule has 0 saturated heterocycles. The SMILES string of the molecule is Cc1[nH]ncc1-c1[nH]nc(N)c1-c1c(Cl)cccc1Cl. The Bertz CT molecular complexity index is 755. The van der Waals surface area contributed by atoms with Gasteiger partial charge in [0.15, 0.2) is 5.82 Å². The number of aromatic amines is 2. The van der Waals surface area contributed by atoms with Crippen LogP contribution in [0.3, 0.4) is 0 Å². The predicted molar refractivity (Wildman–Crippen MR) is 80.8 cm³/mol. The van der Waals surface area contributed by atoms with E-state index in [-0.39, 0.29) is 0 Å². The van der Waals surface area contributed by atoms with Crippen molar-refractivity contribution < 1.29 is 0 Å². The molecular formula is C13H11Cl2N5. The van der Waals surface area contributed by atoms with E-state index in [0.29, 0.717) is 27.0 Å². The Morgan fingerprint density at radius 3 is 2.40 bits per heavy atom. The zero-order valence-electron chi connectivity index (χ0n) is 10.5. The van der Waals surface area contributed by atoms with E-state index in [0.717, 1.165) is 17.0 Å². The Morgan fingerprint density at radius 1 is 1.10 bits per heavy atom. The molecule has 0 fully saturated rings. The summed E-state index contributed by atoms with van der Waals surface area (Å²) < 4.78 is 0. The van der Waals surface area contributed by atoms with Gasteiger partial charge in [-0.15, -0.1) is 0 Å². The van der Waals surface area contributed by atoms with Crippen LogP contribution in [0.4, 0.5) is 5.82 Å². The number of aromatic nitrogens is 4. The van der Waals surface area contributed by atoms with Gasteiger partial charge in [0.2, 0.25) is 0 Å². The lowest BCUT2D eigenvalue weighted by Crippen LogP contribution is -1.91. The Balaban J connectivity index is 2.31. The monoisotopic (exact) mass is 307 g/mol. The molecule has 20 heavy (non-hydrogen) atoms. The van der Waals surface area contributed by atoms with Gasteiger partial charge >= 0.3 is 0 Å². The molecule has 7 heteroatoms. The van der Waals surface area contributed by atoms with Crippen molar-refractivity contribution in [1.29, 1.82) is 0 Å². The number of aryl methyl sites for hydroxylation is 1. The van der Waals surface area contributed by atoms with Crippen molar-refractivity contribution in [3.05, 3.63) is 40.1 Å². The Hall–Kier alpha value is -1.98. The second-order valence-electron chi connectivity index (χ2n) is 4.36. The number of nitrogens with two attached hydrogens (primary N) is 1. The molecule has 0 aliphatic carbocycles. The van der Waals surface area contributed by atoms with E-state index in [1.807, 2.05) is 6.92 Å². The van der Waals surface area contributed by atoms with Gasteiger partial charge in [-0.3, -0.25) is 10.2 Å². The molecule has 0 atom stereocenters. The molecule has 0 aliphatic heterocycles. The van der Waals surface area contributed by atoms with Crippen LogP contribution in [0.1, 0.15) is 5.69 Å². The summed E-state index contributed by atoms with van der Waals surface area (Å²) in [6, 6.07) is 5.32. The van der Waals surface area contributed by atoms with Gasteiger partial charge in [0, 0.05) is 16.8 Å². The summed E-state index contributed by atoms with van der Waals surface area (Å²) in [5.74, 6) is 0.343. The lowest BCUT2D eigenvalue weighted by atomic mass is 10.0. The van der Waals surface area contributed by atoms with E-state index >= 15 is 0 Å². The molecule has 0 saturated carbocycles. The summed E-state index contributed by atoms with van der Waals surface area (Å²) >= 11 is 12.5. The number of hydrogen-bond acceptors (Lipinski definition) is 3. The summed E-state index contributed by atoms with van der Waals surface area (Å²) in [7, 11) is 0. The normalized spacial score (nSPS) is 10.9. The Morgan fingerprint density at radius 2 is 1.80 bits per heavy atom. The van der Waals surface area contributed by atoms with Gasteiger partial charge in [0.1, 0.15) is 0 Å². The molecule has 5 nitrogen and oxygen atoms in total. The minimum atomic E-state index is 0.343. The predicted octanol–water partition coefficient (Wildman–Crippen LogP) is 3.66. The number of benzene rings is 1. The van der Waals surface area contributed by atoms with Gasteiger partial charge in [-0.1, -0.05) is 29.3 Å². The summed E-state index contributed by atoms with van der Waals surface area (Å²) in [4.78, 5) is 0. The molecule has 0 radical (unpaired) electrons. The number of halogens is 2. The molecule has 3 aromatic rings. The Kier molecular flexibility index (Phi) is 3.16. The highest BCUT2D eigenvalue weighted by atomic mass is 35.5. The number of nitrogens with zero attached hydrogens (tertiary/aromatic N) is 2. The van der Waals surface area contributed by atoms with Crippen molar-refractivity contribution in [2.75, 3.05) is 5.73 Å². The van der Waals surface area contributed by atoms with Crippen LogP contribution < -0.4 is 5.73 Å². The topological polar surface area (TPSA) is 83.4 Å². The van der Waals surface area contributed by atoms with Crippen LogP contribution >= 0.6 is 23.2 Å². The highest BCUT2D eigenvalue weighted by Gasteiger charge is 2.21. The summed E-state index contributed by atoms with van der Waals surface area (Å²) in [5, 5.41) is 14.9. The molecule has 2 aromatic heterocycles. The number of nitrogens with one attached hydrogen (secondary N) is 2. The van der Waals surface area contributed by atoms with Gasteiger partial charge in [-0.25, -0.2) is 0 Å². The maximum atomic E-state index is 6.26. The lowest BCUT2D eigenvalue weighted by molar-refractivity contribution is 1.05. The molecule has 0 spiro atoms. The van der Waals surface area contributed by atoms with Crippen molar-refractivity contribution in [2.24, 2.45) is 0 Å². The first-order valence-corrected chi connectivity index (χ1v) is 6.63. The van der Waals surface area contributed by atoms with Gasteiger partial charge in [0.25, 0.3) is 0 Å².